The average molecular weight is 286 g/mol. The molecule has 1 aliphatic heterocycles. The molecule has 0 radical (unpaired) electrons. The number of likely N-dealkylation sites (tertiary alicyclic amines) is 1. The minimum atomic E-state index is 0.625. The Balaban J connectivity index is 1.41. The summed E-state index contributed by atoms with van der Waals surface area (Å²) in [6.45, 7) is 3.59. The van der Waals surface area contributed by atoms with Crippen molar-refractivity contribution in [3.05, 3.63) is 66.2 Å². The Bertz CT molecular complexity index is 516. The van der Waals surface area contributed by atoms with Gasteiger partial charge in [0.25, 0.3) is 0 Å². The molecule has 0 unspecified atom stereocenters. The molecule has 0 saturated carbocycles. The van der Waals surface area contributed by atoms with E-state index in [1.54, 1.807) is 0 Å². The van der Waals surface area contributed by atoms with Crippen LogP contribution in [-0.4, -0.2) is 30.6 Å². The van der Waals surface area contributed by atoms with Crippen molar-refractivity contribution in [2.24, 2.45) is 0 Å². The number of benzene rings is 2. The van der Waals surface area contributed by atoms with Gasteiger partial charge in [0.05, 0.1) is 0 Å². The Morgan fingerprint density at radius 2 is 1.48 bits per heavy atom. The first-order valence-corrected chi connectivity index (χ1v) is 7.98. The molecule has 0 aromatic heterocycles. The van der Waals surface area contributed by atoms with Crippen molar-refractivity contribution in [3.8, 4) is 0 Å². The van der Waals surface area contributed by atoms with E-state index in [9.17, 15) is 0 Å². The molecule has 1 aliphatic rings. The molecule has 1 fully saturated rings. The van der Waals surface area contributed by atoms with Crippen molar-refractivity contribution in [3.63, 3.8) is 0 Å². The highest BCUT2D eigenvalue weighted by atomic mass is 15.2. The molecule has 21 heavy (non-hydrogen) atoms. The van der Waals surface area contributed by atoms with Gasteiger partial charge in [-0.05, 0) is 37.0 Å². The topological polar surface area (TPSA) is 15.3 Å². The third-order valence-corrected chi connectivity index (χ3v) is 4.29. The first-order chi connectivity index (χ1) is 10.4. The van der Waals surface area contributed by atoms with E-state index in [4.69, 9.17) is 0 Å². The summed E-state index contributed by atoms with van der Waals surface area (Å²) in [6, 6.07) is 22.0. The van der Waals surface area contributed by atoms with Crippen LogP contribution >= 0.6 is 0 Å². The summed E-state index contributed by atoms with van der Waals surface area (Å²) in [5.74, 6) is 0. The van der Waals surface area contributed by atoms with Crippen molar-refractivity contribution in [1.29, 1.82) is 0 Å². The molecule has 1 heterocycles. The number of para-hydroxylation sites is 1. The van der Waals surface area contributed by atoms with Crippen LogP contribution in [0.2, 0.25) is 0 Å². The lowest BCUT2D eigenvalue weighted by Crippen LogP contribution is -2.40. The predicted octanol–water partition coefficient (Wildman–Crippen LogP) is 3.81. The van der Waals surface area contributed by atoms with Crippen LogP contribution in [0.1, 0.15) is 18.4 Å². The van der Waals surface area contributed by atoms with Gasteiger partial charge in [-0.1, -0.05) is 48.5 Å². The van der Waals surface area contributed by atoms with E-state index in [1.807, 2.05) is 0 Å². The summed E-state index contributed by atoms with van der Waals surface area (Å²) in [4.78, 5) is 2.59. The Hall–Kier alpha value is -1.80. The minimum Gasteiger partial charge on any atom is -0.382 e. The van der Waals surface area contributed by atoms with Gasteiger partial charge in [0.1, 0.15) is 0 Å². The molecule has 0 amide bonds. The molecule has 110 valence electrons. The van der Waals surface area contributed by atoms with E-state index in [0.29, 0.717) is 6.04 Å². The van der Waals surface area contributed by atoms with E-state index >= 15 is 0 Å². The molecule has 2 heteroatoms. The minimum absolute atomic E-state index is 0.625. The molecule has 2 nitrogen and oxygen atoms in total. The van der Waals surface area contributed by atoms with E-state index in [1.165, 1.54) is 43.7 Å². The second-order valence-corrected chi connectivity index (χ2v) is 5.86. The molecular weight excluding hydrogens is 262 g/mol. The first-order valence-electron chi connectivity index (χ1n) is 7.98. The molecule has 3 rings (SSSR count). The predicted molar refractivity (Wildman–Crippen MR) is 89.7 cm³/mol. The van der Waals surface area contributed by atoms with E-state index < -0.39 is 0 Å². The molecule has 1 N–H and O–H groups in total. The summed E-state index contributed by atoms with van der Waals surface area (Å²) in [7, 11) is 0. The number of piperidine rings is 1. The number of nitrogens with zero attached hydrogens (tertiary/aromatic N) is 1. The second-order valence-electron chi connectivity index (χ2n) is 5.86. The Morgan fingerprint density at radius 3 is 2.14 bits per heavy atom. The average Bonchev–Trinajstić information content (AvgIpc) is 2.56. The number of hydrogen-bond acceptors (Lipinski definition) is 2. The van der Waals surface area contributed by atoms with Crippen LogP contribution in [0.5, 0.6) is 0 Å². The fourth-order valence-corrected chi connectivity index (χ4v) is 3.00. The molecule has 0 atom stereocenters. The third-order valence-electron chi connectivity index (χ3n) is 4.29. The molecule has 0 aliphatic carbocycles. The van der Waals surface area contributed by atoms with E-state index in [0.717, 1.165) is 6.42 Å². The normalized spacial score (nSPS) is 16.8. The van der Waals surface area contributed by atoms with Crippen LogP contribution in [-0.2, 0) is 6.42 Å². The maximum atomic E-state index is 3.65. The quantitative estimate of drug-likeness (QED) is 0.899. The summed E-state index contributed by atoms with van der Waals surface area (Å²) in [5.41, 5.74) is 2.70. The van der Waals surface area contributed by atoms with Gasteiger partial charge in [-0.15, -0.1) is 0 Å². The molecule has 1 saturated heterocycles. The van der Waals surface area contributed by atoms with E-state index in [2.05, 4.69) is 70.9 Å². The Kier molecular flexibility index (Phi) is 4.90. The Morgan fingerprint density at radius 1 is 0.857 bits per heavy atom. The third kappa shape index (κ3) is 4.33. The van der Waals surface area contributed by atoms with Gasteiger partial charge < -0.3 is 10.2 Å². The van der Waals surface area contributed by atoms with Crippen LogP contribution < -0.4 is 5.32 Å². The van der Waals surface area contributed by atoms with Crippen LogP contribution in [0, 0.1) is 0 Å². The van der Waals surface area contributed by atoms with E-state index in [-0.39, 0.29) is 0 Å². The smallest absolute Gasteiger partial charge is 0.0342 e. The van der Waals surface area contributed by atoms with Gasteiger partial charge in [0, 0.05) is 31.4 Å². The van der Waals surface area contributed by atoms with Crippen LogP contribution in [0.3, 0.4) is 0 Å². The molecule has 0 bridgehead atoms. The largest absolute Gasteiger partial charge is 0.382 e. The van der Waals surface area contributed by atoms with Crippen molar-refractivity contribution < 1.29 is 0 Å². The highest BCUT2D eigenvalue weighted by Gasteiger charge is 2.18. The molecule has 2 aromatic carbocycles. The van der Waals surface area contributed by atoms with Crippen LogP contribution in [0.15, 0.2) is 60.7 Å². The van der Waals surface area contributed by atoms with Gasteiger partial charge in [-0.2, -0.15) is 0 Å². The van der Waals surface area contributed by atoms with Gasteiger partial charge >= 0.3 is 0 Å². The number of hydrogen-bond donors (Lipinski definition) is 1. The summed E-state index contributed by atoms with van der Waals surface area (Å²) < 4.78 is 0. The molecule has 2 aromatic rings. The maximum Gasteiger partial charge on any atom is 0.0342 e. The van der Waals surface area contributed by atoms with Crippen LogP contribution in [0.4, 0.5) is 5.69 Å². The molecular formula is C19H24N2. The highest BCUT2D eigenvalue weighted by Crippen LogP contribution is 2.16. The van der Waals surface area contributed by atoms with Crippen molar-refractivity contribution in [2.75, 3.05) is 25.0 Å². The maximum absolute atomic E-state index is 3.65. The van der Waals surface area contributed by atoms with Gasteiger partial charge in [-0.3, -0.25) is 0 Å². The van der Waals surface area contributed by atoms with Crippen molar-refractivity contribution in [1.82, 2.24) is 4.90 Å². The lowest BCUT2D eigenvalue weighted by molar-refractivity contribution is 0.221. The van der Waals surface area contributed by atoms with Gasteiger partial charge in [0.2, 0.25) is 0 Å². The lowest BCUT2D eigenvalue weighted by atomic mass is 10.0. The number of anilines is 1. The summed E-state index contributed by atoms with van der Waals surface area (Å²) in [5, 5.41) is 3.65. The summed E-state index contributed by atoms with van der Waals surface area (Å²) in [6.07, 6.45) is 3.64. The zero-order chi connectivity index (χ0) is 14.3. The fourth-order valence-electron chi connectivity index (χ4n) is 3.00. The zero-order valence-corrected chi connectivity index (χ0v) is 12.5. The van der Waals surface area contributed by atoms with Crippen molar-refractivity contribution >= 4 is 5.69 Å². The highest BCUT2D eigenvalue weighted by molar-refractivity contribution is 5.43. The Labute approximate surface area is 127 Å². The summed E-state index contributed by atoms with van der Waals surface area (Å²) >= 11 is 0. The van der Waals surface area contributed by atoms with Crippen LogP contribution in [0.25, 0.3) is 0 Å². The van der Waals surface area contributed by atoms with Gasteiger partial charge in [-0.25, -0.2) is 0 Å². The lowest BCUT2D eigenvalue weighted by Gasteiger charge is -2.32. The zero-order valence-electron chi connectivity index (χ0n) is 12.5. The monoisotopic (exact) mass is 286 g/mol. The number of rotatable bonds is 5. The molecule has 0 spiro atoms. The SMILES string of the molecule is c1ccc(CCN2CCC(N[13c]3[13cH][13cH][13cH][13cH][13cH]3)CC2)cc1. The standard InChI is InChI=1S/C19H24N2/c1-3-7-17(8-4-1)11-14-21-15-12-19(13-16-21)20-18-9-5-2-6-10-18/h1-10,19-20H,11-16H2/i2+1,5+1,6+1,9+1,10+1,18+1. The second kappa shape index (κ2) is 7.28. The fraction of sp³-hybridized carbons (Fsp3) is 0.368. The van der Waals surface area contributed by atoms with Crippen molar-refractivity contribution in [2.45, 2.75) is 25.3 Å². The number of nitrogens with one attached hydrogen (secondary N) is 1. The first kappa shape index (κ1) is 14.2. The van der Waals surface area contributed by atoms with Gasteiger partial charge in [0.15, 0.2) is 0 Å².